The molecule has 1 fully saturated rings. The lowest BCUT2D eigenvalue weighted by Crippen LogP contribution is -2.53. The number of nitrogens with one attached hydrogen (secondary N) is 1. The lowest BCUT2D eigenvalue weighted by Gasteiger charge is -2.30. The van der Waals surface area contributed by atoms with Crippen LogP contribution in [0.3, 0.4) is 0 Å². The highest BCUT2D eigenvalue weighted by Crippen LogP contribution is 2.44. The molecule has 1 atom stereocenters. The van der Waals surface area contributed by atoms with Crippen molar-refractivity contribution in [2.24, 2.45) is 0 Å². The maximum absolute atomic E-state index is 13.7. The Kier molecular flexibility index (Phi) is 3.09. The van der Waals surface area contributed by atoms with E-state index in [1.54, 1.807) is 10.7 Å². The number of carbonyl (C=O) groups excluding carboxylic acids is 2. The number of ether oxygens (including phenoxy) is 2. The van der Waals surface area contributed by atoms with Crippen molar-refractivity contribution in [2.45, 2.75) is 18.3 Å². The van der Waals surface area contributed by atoms with E-state index in [9.17, 15) is 14.0 Å². The number of aromatic nitrogens is 2. The topological polar surface area (TPSA) is 82.5 Å². The number of amides is 2. The Morgan fingerprint density at radius 2 is 2.25 bits per heavy atom. The molecule has 7 nitrogen and oxygen atoms in total. The number of rotatable bonds is 2. The number of methoxy groups -OCH3 is 1. The Hall–Kier alpha value is -2.90. The van der Waals surface area contributed by atoms with Crippen LogP contribution < -0.4 is 14.8 Å². The van der Waals surface area contributed by atoms with E-state index >= 15 is 0 Å². The summed E-state index contributed by atoms with van der Waals surface area (Å²) in [5.41, 5.74) is 0.145. The van der Waals surface area contributed by atoms with Crippen LogP contribution in [0.15, 0.2) is 24.4 Å². The average molecular weight is 331 g/mol. The molecule has 0 aliphatic carbocycles. The fourth-order valence-corrected chi connectivity index (χ4v) is 3.24. The molecule has 1 unspecified atom stereocenters. The maximum atomic E-state index is 13.7. The molecule has 0 bridgehead atoms. The minimum atomic E-state index is -0.971. The molecule has 3 heterocycles. The first-order valence-corrected chi connectivity index (χ1v) is 7.45. The largest absolute Gasteiger partial charge is 0.494 e. The van der Waals surface area contributed by atoms with E-state index in [2.05, 4.69) is 10.4 Å². The molecule has 1 aromatic carbocycles. The minimum Gasteiger partial charge on any atom is -0.494 e. The van der Waals surface area contributed by atoms with E-state index < -0.39 is 17.1 Å². The third-order valence-electron chi connectivity index (χ3n) is 4.51. The van der Waals surface area contributed by atoms with Gasteiger partial charge in [0.2, 0.25) is 11.8 Å². The van der Waals surface area contributed by atoms with Gasteiger partial charge in [-0.1, -0.05) is 0 Å². The second-order valence-electron chi connectivity index (χ2n) is 5.84. The van der Waals surface area contributed by atoms with E-state index in [-0.39, 0.29) is 24.7 Å². The zero-order valence-corrected chi connectivity index (χ0v) is 12.8. The molecule has 0 saturated carbocycles. The van der Waals surface area contributed by atoms with Gasteiger partial charge in [0.25, 0.3) is 0 Å². The number of benzene rings is 1. The van der Waals surface area contributed by atoms with Crippen LogP contribution in [-0.2, 0) is 15.0 Å². The highest BCUT2D eigenvalue weighted by Gasteiger charge is 2.53. The SMILES string of the molecule is COc1cc(-n2ncc3c2C2(CCC(=O)NC2=O)CO3)ccc1F. The first-order valence-electron chi connectivity index (χ1n) is 7.45. The van der Waals surface area contributed by atoms with Crippen molar-refractivity contribution >= 4 is 11.8 Å². The van der Waals surface area contributed by atoms with Crippen molar-refractivity contribution in [1.82, 2.24) is 15.1 Å². The number of hydrogen-bond donors (Lipinski definition) is 1. The molecule has 1 N–H and O–H groups in total. The normalized spacial score (nSPS) is 22.2. The van der Waals surface area contributed by atoms with E-state index in [4.69, 9.17) is 9.47 Å². The van der Waals surface area contributed by atoms with Gasteiger partial charge in [0.05, 0.1) is 19.0 Å². The van der Waals surface area contributed by atoms with Crippen molar-refractivity contribution in [3.8, 4) is 17.2 Å². The molecule has 124 valence electrons. The van der Waals surface area contributed by atoms with Gasteiger partial charge in [0, 0.05) is 12.5 Å². The van der Waals surface area contributed by atoms with Gasteiger partial charge < -0.3 is 9.47 Å². The first-order chi connectivity index (χ1) is 11.5. The minimum absolute atomic E-state index is 0.0768. The van der Waals surface area contributed by atoms with Crippen LogP contribution in [0.25, 0.3) is 5.69 Å². The van der Waals surface area contributed by atoms with E-state index in [1.165, 1.54) is 25.4 Å². The summed E-state index contributed by atoms with van der Waals surface area (Å²) in [6.45, 7) is 0.150. The fraction of sp³-hybridized carbons (Fsp3) is 0.312. The van der Waals surface area contributed by atoms with Gasteiger partial charge in [-0.25, -0.2) is 9.07 Å². The molecule has 8 heteroatoms. The number of nitrogens with zero attached hydrogens (tertiary/aromatic N) is 2. The number of halogens is 1. The monoisotopic (exact) mass is 331 g/mol. The summed E-state index contributed by atoms with van der Waals surface area (Å²) < 4.78 is 25.8. The first kappa shape index (κ1) is 14.7. The van der Waals surface area contributed by atoms with Gasteiger partial charge in [-0.15, -0.1) is 0 Å². The molecule has 1 saturated heterocycles. The van der Waals surface area contributed by atoms with Crippen LogP contribution in [0.5, 0.6) is 11.5 Å². The predicted molar refractivity (Wildman–Crippen MR) is 79.6 cm³/mol. The van der Waals surface area contributed by atoms with Crippen LogP contribution in [0.1, 0.15) is 18.5 Å². The molecule has 1 spiro atoms. The molecule has 24 heavy (non-hydrogen) atoms. The zero-order chi connectivity index (χ0) is 16.9. The Morgan fingerprint density at radius 3 is 3.00 bits per heavy atom. The van der Waals surface area contributed by atoms with Crippen molar-refractivity contribution in [3.05, 3.63) is 35.9 Å². The lowest BCUT2D eigenvalue weighted by atomic mass is 9.78. The molecular weight excluding hydrogens is 317 g/mol. The summed E-state index contributed by atoms with van der Waals surface area (Å²) in [5, 5.41) is 6.63. The lowest BCUT2D eigenvalue weighted by molar-refractivity contribution is -0.138. The van der Waals surface area contributed by atoms with Crippen LogP contribution in [0, 0.1) is 5.82 Å². The molecule has 0 radical (unpaired) electrons. The summed E-state index contributed by atoms with van der Waals surface area (Å²) in [4.78, 5) is 24.0. The van der Waals surface area contributed by atoms with Gasteiger partial charge in [0.1, 0.15) is 17.7 Å². The maximum Gasteiger partial charge on any atom is 0.242 e. The zero-order valence-electron chi connectivity index (χ0n) is 12.8. The molecule has 2 amide bonds. The standard InChI is InChI=1S/C16H14FN3O4/c1-23-11-6-9(2-3-10(11)17)20-14-12(7-18-20)24-8-16(14)5-4-13(21)19-15(16)22/h2-3,6-7H,4-5,8H2,1H3,(H,19,21,22). The van der Waals surface area contributed by atoms with Crippen molar-refractivity contribution < 1.29 is 23.5 Å². The van der Waals surface area contributed by atoms with Gasteiger partial charge in [-0.2, -0.15) is 5.10 Å². The van der Waals surface area contributed by atoms with E-state index in [0.29, 0.717) is 23.6 Å². The van der Waals surface area contributed by atoms with E-state index in [1.807, 2.05) is 0 Å². The third-order valence-corrected chi connectivity index (χ3v) is 4.51. The Balaban J connectivity index is 1.85. The van der Waals surface area contributed by atoms with Gasteiger partial charge in [-0.05, 0) is 18.6 Å². The highest BCUT2D eigenvalue weighted by molar-refractivity contribution is 6.04. The van der Waals surface area contributed by atoms with Crippen LogP contribution in [0.2, 0.25) is 0 Å². The second-order valence-corrected chi connectivity index (χ2v) is 5.84. The highest BCUT2D eigenvalue weighted by atomic mass is 19.1. The van der Waals surface area contributed by atoms with Crippen molar-refractivity contribution in [3.63, 3.8) is 0 Å². The number of carbonyl (C=O) groups is 2. The number of fused-ring (bicyclic) bond motifs is 2. The summed E-state index contributed by atoms with van der Waals surface area (Å²) >= 11 is 0. The summed E-state index contributed by atoms with van der Waals surface area (Å²) in [6, 6.07) is 4.32. The Morgan fingerprint density at radius 1 is 1.42 bits per heavy atom. The van der Waals surface area contributed by atoms with Crippen LogP contribution >= 0.6 is 0 Å². The number of piperidine rings is 1. The predicted octanol–water partition coefficient (Wildman–Crippen LogP) is 1.09. The second kappa shape index (κ2) is 5.05. The molecular formula is C16H14FN3O4. The van der Waals surface area contributed by atoms with Crippen LogP contribution in [-0.4, -0.2) is 35.3 Å². The van der Waals surface area contributed by atoms with Crippen molar-refractivity contribution in [1.29, 1.82) is 0 Å². The van der Waals surface area contributed by atoms with Crippen molar-refractivity contribution in [2.75, 3.05) is 13.7 Å². The number of hydrogen-bond acceptors (Lipinski definition) is 5. The smallest absolute Gasteiger partial charge is 0.242 e. The van der Waals surface area contributed by atoms with Crippen LogP contribution in [0.4, 0.5) is 4.39 Å². The van der Waals surface area contributed by atoms with E-state index in [0.717, 1.165) is 0 Å². The molecule has 2 aliphatic heterocycles. The Labute approximate surface area is 136 Å². The van der Waals surface area contributed by atoms with Gasteiger partial charge in [-0.3, -0.25) is 14.9 Å². The summed E-state index contributed by atoms with van der Waals surface area (Å²) in [6.07, 6.45) is 2.09. The average Bonchev–Trinajstić information content (AvgIpc) is 3.14. The molecule has 2 aromatic rings. The summed E-state index contributed by atoms with van der Waals surface area (Å²) in [7, 11) is 1.38. The Bertz CT molecular complexity index is 863. The molecule has 2 aliphatic rings. The molecule has 1 aromatic heterocycles. The molecule has 4 rings (SSSR count). The van der Waals surface area contributed by atoms with Gasteiger partial charge >= 0.3 is 0 Å². The fourth-order valence-electron chi connectivity index (χ4n) is 3.24. The summed E-state index contributed by atoms with van der Waals surface area (Å²) in [5.74, 6) is -0.616. The third kappa shape index (κ3) is 1.92. The van der Waals surface area contributed by atoms with Gasteiger partial charge in [0.15, 0.2) is 17.3 Å². The number of imide groups is 1. The quantitative estimate of drug-likeness (QED) is 0.833.